The van der Waals surface area contributed by atoms with Crippen molar-refractivity contribution in [2.24, 2.45) is 4.99 Å². The summed E-state index contributed by atoms with van der Waals surface area (Å²) in [6.07, 6.45) is 1.90. The summed E-state index contributed by atoms with van der Waals surface area (Å²) in [7, 11) is 1.61. The van der Waals surface area contributed by atoms with Crippen molar-refractivity contribution in [1.29, 1.82) is 0 Å². The van der Waals surface area contributed by atoms with Crippen LogP contribution in [0, 0.1) is 0 Å². The molecule has 0 spiro atoms. The Kier molecular flexibility index (Phi) is 8.69. The number of fused-ring (bicyclic) bond motifs is 1. The molecule has 0 aliphatic carbocycles. The number of hydrogen-bond donors (Lipinski definition) is 3. The zero-order valence-corrected chi connectivity index (χ0v) is 18.7. The number of phenolic OH excluding ortho intramolecular Hbond substituents is 1. The number of aliphatic imine (C=N–C) groups is 1. The normalized spacial score (nSPS) is 12.6. The number of benzene rings is 2. The molecule has 152 valence electrons. The summed E-state index contributed by atoms with van der Waals surface area (Å²) in [5.41, 5.74) is 3.31. The maximum absolute atomic E-state index is 10.00. The number of nitrogens with one attached hydrogen (secondary N) is 2. The number of halogens is 1. The smallest absolute Gasteiger partial charge is 0.191 e. The Labute approximate surface area is 183 Å². The molecule has 0 amide bonds. The molecular formula is C21H28IN3O3. The maximum atomic E-state index is 10.00. The SMILES string of the molecule is CCNC(=NCc1cc(OC)ccc1O)NCCc1ccc2c(c1)CCO2.I. The van der Waals surface area contributed by atoms with Crippen LogP contribution < -0.4 is 20.1 Å². The quantitative estimate of drug-likeness (QED) is 0.311. The van der Waals surface area contributed by atoms with Gasteiger partial charge in [0.25, 0.3) is 0 Å². The van der Waals surface area contributed by atoms with Crippen LogP contribution in [0.1, 0.15) is 23.6 Å². The Morgan fingerprint density at radius 1 is 1.21 bits per heavy atom. The van der Waals surface area contributed by atoms with Gasteiger partial charge in [0.1, 0.15) is 17.2 Å². The van der Waals surface area contributed by atoms with Crippen LogP contribution in [0.2, 0.25) is 0 Å². The van der Waals surface area contributed by atoms with Crippen LogP contribution >= 0.6 is 24.0 Å². The second-order valence-corrected chi connectivity index (χ2v) is 6.41. The first-order valence-corrected chi connectivity index (χ1v) is 9.32. The zero-order valence-electron chi connectivity index (χ0n) is 16.3. The maximum Gasteiger partial charge on any atom is 0.191 e. The van der Waals surface area contributed by atoms with Crippen molar-refractivity contribution < 1.29 is 14.6 Å². The summed E-state index contributed by atoms with van der Waals surface area (Å²) in [6, 6.07) is 11.6. The van der Waals surface area contributed by atoms with E-state index in [0.29, 0.717) is 12.3 Å². The van der Waals surface area contributed by atoms with E-state index in [2.05, 4.69) is 33.8 Å². The fourth-order valence-corrected chi connectivity index (χ4v) is 3.04. The molecule has 3 rings (SSSR count). The largest absolute Gasteiger partial charge is 0.508 e. The third-order valence-electron chi connectivity index (χ3n) is 4.50. The van der Waals surface area contributed by atoms with Crippen LogP contribution in [0.3, 0.4) is 0 Å². The molecule has 1 aliphatic heterocycles. The lowest BCUT2D eigenvalue weighted by molar-refractivity contribution is 0.357. The zero-order chi connectivity index (χ0) is 19.1. The molecule has 0 saturated carbocycles. The first-order chi connectivity index (χ1) is 13.2. The monoisotopic (exact) mass is 497 g/mol. The highest BCUT2D eigenvalue weighted by Gasteiger charge is 2.11. The summed E-state index contributed by atoms with van der Waals surface area (Å²) in [5.74, 6) is 2.66. The lowest BCUT2D eigenvalue weighted by Gasteiger charge is -2.12. The van der Waals surface area contributed by atoms with Crippen molar-refractivity contribution in [3.8, 4) is 17.2 Å². The van der Waals surface area contributed by atoms with Crippen LogP contribution in [-0.4, -0.2) is 37.9 Å². The Hall–Kier alpha value is -2.16. The van der Waals surface area contributed by atoms with Crippen LogP contribution in [0.4, 0.5) is 0 Å². The number of ether oxygens (including phenoxy) is 2. The van der Waals surface area contributed by atoms with Crippen molar-refractivity contribution in [1.82, 2.24) is 10.6 Å². The van der Waals surface area contributed by atoms with Crippen LogP contribution in [0.15, 0.2) is 41.4 Å². The van der Waals surface area contributed by atoms with Crippen LogP contribution in [0.25, 0.3) is 0 Å². The average molecular weight is 497 g/mol. The van der Waals surface area contributed by atoms with Gasteiger partial charge in [-0.1, -0.05) is 12.1 Å². The van der Waals surface area contributed by atoms with E-state index >= 15 is 0 Å². The van der Waals surface area contributed by atoms with Gasteiger partial charge in [0.2, 0.25) is 0 Å². The lowest BCUT2D eigenvalue weighted by atomic mass is 10.1. The van der Waals surface area contributed by atoms with Crippen molar-refractivity contribution in [2.45, 2.75) is 26.3 Å². The molecule has 2 aromatic rings. The Morgan fingerprint density at radius 3 is 2.86 bits per heavy atom. The molecular weight excluding hydrogens is 469 g/mol. The molecule has 7 heteroatoms. The van der Waals surface area contributed by atoms with Crippen molar-refractivity contribution in [2.75, 3.05) is 26.8 Å². The topological polar surface area (TPSA) is 75.1 Å². The average Bonchev–Trinajstić information content (AvgIpc) is 3.15. The number of aromatic hydroxyl groups is 1. The highest BCUT2D eigenvalue weighted by molar-refractivity contribution is 14.0. The van der Waals surface area contributed by atoms with Gasteiger partial charge in [-0.15, -0.1) is 24.0 Å². The van der Waals surface area contributed by atoms with E-state index in [1.54, 1.807) is 25.3 Å². The van der Waals surface area contributed by atoms with Crippen molar-refractivity contribution >= 4 is 29.9 Å². The first kappa shape index (κ1) is 22.1. The van der Waals surface area contributed by atoms with E-state index in [1.807, 2.05) is 6.92 Å². The lowest BCUT2D eigenvalue weighted by Crippen LogP contribution is -2.38. The van der Waals surface area contributed by atoms with E-state index in [9.17, 15) is 5.11 Å². The van der Waals surface area contributed by atoms with Gasteiger partial charge >= 0.3 is 0 Å². The van der Waals surface area contributed by atoms with E-state index in [4.69, 9.17) is 9.47 Å². The van der Waals surface area contributed by atoms with Crippen molar-refractivity contribution in [3.63, 3.8) is 0 Å². The number of rotatable bonds is 7. The molecule has 0 saturated heterocycles. The standard InChI is InChI=1S/C21H27N3O3.HI/c1-3-22-21(24-14-17-13-18(26-2)5-6-19(17)25)23-10-8-15-4-7-20-16(12-15)9-11-27-20;/h4-7,12-13,25H,3,8-11,14H2,1-2H3,(H2,22,23,24);1H. The number of methoxy groups -OCH3 is 1. The first-order valence-electron chi connectivity index (χ1n) is 9.32. The predicted molar refractivity (Wildman–Crippen MR) is 122 cm³/mol. The number of guanidine groups is 1. The third-order valence-corrected chi connectivity index (χ3v) is 4.50. The van der Waals surface area contributed by atoms with E-state index < -0.39 is 0 Å². The minimum absolute atomic E-state index is 0. The van der Waals surface area contributed by atoms with Gasteiger partial charge in [0.15, 0.2) is 5.96 Å². The highest BCUT2D eigenvalue weighted by atomic mass is 127. The molecule has 0 aromatic heterocycles. The molecule has 28 heavy (non-hydrogen) atoms. The van der Waals surface area contributed by atoms with Gasteiger partial charge in [-0.05, 0) is 48.7 Å². The number of phenols is 1. The summed E-state index contributed by atoms with van der Waals surface area (Å²) in [4.78, 5) is 4.57. The molecule has 0 atom stereocenters. The second-order valence-electron chi connectivity index (χ2n) is 6.41. The molecule has 0 bridgehead atoms. The molecule has 0 radical (unpaired) electrons. The minimum Gasteiger partial charge on any atom is -0.508 e. The Bertz CT molecular complexity index is 811. The van der Waals surface area contributed by atoms with Gasteiger partial charge < -0.3 is 25.2 Å². The second kappa shape index (κ2) is 11.0. The van der Waals surface area contributed by atoms with Gasteiger partial charge in [-0.25, -0.2) is 4.99 Å². The summed E-state index contributed by atoms with van der Waals surface area (Å²) in [6.45, 7) is 4.72. The molecule has 1 aliphatic rings. The van der Waals surface area contributed by atoms with E-state index in [0.717, 1.165) is 49.8 Å². The van der Waals surface area contributed by atoms with Crippen LogP contribution in [-0.2, 0) is 19.4 Å². The summed E-state index contributed by atoms with van der Waals surface area (Å²) < 4.78 is 10.8. The third kappa shape index (κ3) is 5.92. The fourth-order valence-electron chi connectivity index (χ4n) is 3.04. The van der Waals surface area contributed by atoms with Gasteiger partial charge in [-0.3, -0.25) is 0 Å². The van der Waals surface area contributed by atoms with E-state index in [1.165, 1.54) is 11.1 Å². The molecule has 6 nitrogen and oxygen atoms in total. The van der Waals surface area contributed by atoms with Crippen molar-refractivity contribution in [3.05, 3.63) is 53.1 Å². The van der Waals surface area contributed by atoms with E-state index in [-0.39, 0.29) is 29.7 Å². The summed E-state index contributed by atoms with van der Waals surface area (Å²) in [5, 5.41) is 16.6. The number of nitrogens with zero attached hydrogens (tertiary/aromatic N) is 1. The van der Waals surface area contributed by atoms with Gasteiger partial charge in [-0.2, -0.15) is 0 Å². The Morgan fingerprint density at radius 2 is 2.07 bits per heavy atom. The minimum atomic E-state index is 0. The molecule has 0 unspecified atom stereocenters. The Balaban J connectivity index is 0.00000280. The fraction of sp³-hybridized carbons (Fsp3) is 0.381. The predicted octanol–water partition coefficient (Wildman–Crippen LogP) is 3.25. The van der Waals surface area contributed by atoms with Gasteiger partial charge in [0, 0.05) is 25.1 Å². The van der Waals surface area contributed by atoms with Gasteiger partial charge in [0.05, 0.1) is 20.3 Å². The molecule has 2 aromatic carbocycles. The number of hydrogen-bond acceptors (Lipinski definition) is 4. The molecule has 3 N–H and O–H groups in total. The molecule has 1 heterocycles. The molecule has 0 fully saturated rings. The highest BCUT2D eigenvalue weighted by Crippen LogP contribution is 2.26. The summed E-state index contributed by atoms with van der Waals surface area (Å²) >= 11 is 0. The van der Waals surface area contributed by atoms with Crippen LogP contribution in [0.5, 0.6) is 17.2 Å².